The van der Waals surface area contributed by atoms with Gasteiger partial charge in [0.2, 0.25) is 0 Å². The fourth-order valence-electron chi connectivity index (χ4n) is 4.09. The molecule has 0 bridgehead atoms. The second kappa shape index (κ2) is 14.7. The quantitative estimate of drug-likeness (QED) is 0.159. The van der Waals surface area contributed by atoms with Crippen LogP contribution in [0.5, 0.6) is 0 Å². The minimum absolute atomic E-state index is 0.140. The molecule has 222 valence electrons. The van der Waals surface area contributed by atoms with Crippen LogP contribution in [-0.2, 0) is 42.1 Å². The van der Waals surface area contributed by atoms with Gasteiger partial charge in [0.1, 0.15) is 18.7 Å². The van der Waals surface area contributed by atoms with Crippen LogP contribution < -0.4 is 5.32 Å². The number of alkyl carbamates (subject to hydrolysis) is 1. The Morgan fingerprint density at radius 2 is 1.52 bits per heavy atom. The van der Waals surface area contributed by atoms with Gasteiger partial charge in [0.25, 0.3) is 15.7 Å². The summed E-state index contributed by atoms with van der Waals surface area (Å²) in [7, 11) is -3.74. The van der Waals surface area contributed by atoms with Crippen molar-refractivity contribution < 1.29 is 42.3 Å². The molecule has 0 heterocycles. The molecule has 2 N–H and O–H groups in total. The molecule has 0 saturated carbocycles. The average molecular weight is 600 g/mol. The second-order valence-electron chi connectivity index (χ2n) is 8.95. The number of hydrogen-bond donors (Lipinski definition) is 2. The molecule has 0 radical (unpaired) electrons. The van der Waals surface area contributed by atoms with Crippen molar-refractivity contribution in [2.45, 2.75) is 36.4 Å². The highest BCUT2D eigenvalue weighted by atomic mass is 32.2. The number of carbonyl (C=O) groups excluding carboxylic acids is 2. The zero-order valence-corrected chi connectivity index (χ0v) is 23.3. The fraction of sp³-hybridized carbons (Fsp3) is 0.250. The highest BCUT2D eigenvalue weighted by Gasteiger charge is 2.40. The number of carboxylic acids is 1. The number of carboxylic acid groups (broad SMARTS) is 1. The number of methoxy groups -OCH3 is 1. The van der Waals surface area contributed by atoms with Gasteiger partial charge in [-0.2, -0.15) is 4.31 Å². The van der Waals surface area contributed by atoms with Crippen molar-refractivity contribution in [3.8, 4) is 0 Å². The van der Waals surface area contributed by atoms with Crippen molar-refractivity contribution in [1.82, 2.24) is 9.62 Å². The molecule has 0 aromatic heterocycles. The molecule has 0 aliphatic rings. The Labute approximate surface area is 241 Å². The molecule has 0 unspecified atom stereocenters. The zero-order valence-electron chi connectivity index (χ0n) is 22.5. The second-order valence-corrected chi connectivity index (χ2v) is 10.8. The van der Waals surface area contributed by atoms with Gasteiger partial charge in [0.15, 0.2) is 4.90 Å². The molecule has 13 nitrogen and oxygen atoms in total. The van der Waals surface area contributed by atoms with Gasteiger partial charge in [-0.25, -0.2) is 18.0 Å². The lowest BCUT2D eigenvalue weighted by molar-refractivity contribution is -0.387. The maximum atomic E-state index is 13.9. The third-order valence-corrected chi connectivity index (χ3v) is 8.14. The lowest BCUT2D eigenvalue weighted by Crippen LogP contribution is -2.50. The van der Waals surface area contributed by atoms with Crippen molar-refractivity contribution in [1.29, 1.82) is 0 Å². The van der Waals surface area contributed by atoms with Crippen LogP contribution in [0, 0.1) is 10.1 Å². The zero-order chi connectivity index (χ0) is 30.7. The van der Waals surface area contributed by atoms with Crippen molar-refractivity contribution in [2.24, 2.45) is 0 Å². The molecule has 3 rings (SSSR count). The summed E-state index contributed by atoms with van der Waals surface area (Å²) in [6.45, 7) is -0.768. The molecular weight excluding hydrogens is 570 g/mol. The van der Waals surface area contributed by atoms with Crippen molar-refractivity contribution in [3.05, 3.63) is 106 Å². The molecule has 0 aliphatic heterocycles. The minimum Gasteiger partial charge on any atom is -0.480 e. The summed E-state index contributed by atoms with van der Waals surface area (Å²) in [5, 5.41) is 23.6. The molecule has 0 aliphatic carbocycles. The van der Waals surface area contributed by atoms with Gasteiger partial charge in [-0.05, 0) is 30.0 Å². The predicted molar refractivity (Wildman–Crippen MR) is 149 cm³/mol. The van der Waals surface area contributed by atoms with E-state index in [1.54, 1.807) is 60.7 Å². The molecule has 0 spiro atoms. The Kier molecular flexibility index (Phi) is 11.1. The summed E-state index contributed by atoms with van der Waals surface area (Å²) in [6.07, 6.45) is -1.76. The van der Waals surface area contributed by atoms with Crippen LogP contribution >= 0.6 is 0 Å². The first-order chi connectivity index (χ1) is 20.0. The smallest absolute Gasteiger partial charge is 0.408 e. The normalized spacial score (nSPS) is 12.6. The first-order valence-electron chi connectivity index (χ1n) is 12.6. The Bertz CT molecular complexity index is 1500. The Balaban J connectivity index is 1.94. The number of nitrogens with one attached hydrogen (secondary N) is 1. The monoisotopic (exact) mass is 599 g/mol. The third-order valence-electron chi connectivity index (χ3n) is 6.18. The van der Waals surface area contributed by atoms with Gasteiger partial charge in [0, 0.05) is 12.6 Å². The Morgan fingerprint density at radius 1 is 0.952 bits per heavy atom. The maximum Gasteiger partial charge on any atom is 0.408 e. The van der Waals surface area contributed by atoms with Crippen LogP contribution in [0.4, 0.5) is 10.5 Å². The molecule has 2 atom stereocenters. The average Bonchev–Trinajstić information content (AvgIpc) is 2.99. The number of carbonyl (C=O) groups is 3. The van der Waals surface area contributed by atoms with Crippen LogP contribution in [-0.4, -0.2) is 66.5 Å². The number of para-hydroxylation sites is 1. The molecule has 0 fully saturated rings. The van der Waals surface area contributed by atoms with Crippen LogP contribution in [0.2, 0.25) is 0 Å². The number of aliphatic carboxylic acids is 1. The summed E-state index contributed by atoms with van der Waals surface area (Å²) in [5.74, 6) is -2.46. The minimum atomic E-state index is -4.79. The van der Waals surface area contributed by atoms with Gasteiger partial charge in [-0.1, -0.05) is 72.8 Å². The summed E-state index contributed by atoms with van der Waals surface area (Å²) in [6, 6.07) is 18.4. The van der Waals surface area contributed by atoms with Crippen LogP contribution in [0.3, 0.4) is 0 Å². The number of nitro groups is 1. The standard InChI is InChI=1S/C28H29N3O10S/c1-40-27(34)24(18-20-10-4-2-5-11-20)30(42(38,39)25-15-9-8-14-23(25)31(36)37)17-16-22(26(32)33)29-28(35)41-19-21-12-6-3-7-13-21/h2-15,22,24H,16-19H2,1H3,(H,29,35)(H,32,33)/t22-,24-/m0/s1. The highest BCUT2D eigenvalue weighted by Crippen LogP contribution is 2.29. The number of rotatable bonds is 14. The number of esters is 1. The van der Waals surface area contributed by atoms with E-state index in [0.717, 1.165) is 19.2 Å². The Morgan fingerprint density at radius 3 is 2.10 bits per heavy atom. The molecule has 3 aromatic carbocycles. The number of hydrogen-bond acceptors (Lipinski definition) is 9. The summed E-state index contributed by atoms with van der Waals surface area (Å²) in [5.41, 5.74) is 0.472. The number of benzene rings is 3. The Hall–Kier alpha value is -4.82. The molecule has 0 saturated heterocycles. The van der Waals surface area contributed by atoms with E-state index in [-0.39, 0.29) is 13.0 Å². The van der Waals surface area contributed by atoms with E-state index in [1.165, 1.54) is 12.1 Å². The van der Waals surface area contributed by atoms with Gasteiger partial charge in [-0.3, -0.25) is 14.9 Å². The van der Waals surface area contributed by atoms with E-state index >= 15 is 0 Å². The van der Waals surface area contributed by atoms with Crippen molar-refractivity contribution in [2.75, 3.05) is 13.7 Å². The van der Waals surface area contributed by atoms with E-state index in [9.17, 15) is 38.0 Å². The van der Waals surface area contributed by atoms with Crippen molar-refractivity contribution >= 4 is 33.7 Å². The number of sulfonamides is 1. The van der Waals surface area contributed by atoms with Gasteiger partial charge in [-0.15, -0.1) is 0 Å². The molecule has 3 aromatic rings. The summed E-state index contributed by atoms with van der Waals surface area (Å²) >= 11 is 0. The van der Waals surface area contributed by atoms with E-state index < -0.39 is 68.6 Å². The number of nitro benzene ring substituents is 1. The van der Waals surface area contributed by atoms with E-state index in [4.69, 9.17) is 9.47 Å². The van der Waals surface area contributed by atoms with Gasteiger partial charge < -0.3 is 19.9 Å². The fourth-order valence-corrected chi connectivity index (χ4v) is 5.84. The molecule has 14 heteroatoms. The van der Waals surface area contributed by atoms with E-state index in [0.29, 0.717) is 15.4 Å². The lowest BCUT2D eigenvalue weighted by atomic mass is 10.1. The number of amides is 1. The number of nitrogens with zero attached hydrogens (tertiary/aromatic N) is 2. The van der Waals surface area contributed by atoms with Gasteiger partial charge >= 0.3 is 18.0 Å². The number of ether oxygens (including phenoxy) is 2. The van der Waals surface area contributed by atoms with Gasteiger partial charge in [0.05, 0.1) is 12.0 Å². The molecular formula is C28H29N3O10S. The summed E-state index contributed by atoms with van der Waals surface area (Å²) in [4.78, 5) is 47.4. The van der Waals surface area contributed by atoms with Crippen LogP contribution in [0.25, 0.3) is 0 Å². The molecule has 42 heavy (non-hydrogen) atoms. The first kappa shape index (κ1) is 31.7. The lowest BCUT2D eigenvalue weighted by Gasteiger charge is -2.30. The topological polar surface area (TPSA) is 182 Å². The van der Waals surface area contributed by atoms with Crippen LogP contribution in [0.1, 0.15) is 17.5 Å². The van der Waals surface area contributed by atoms with E-state index in [1.807, 2.05) is 0 Å². The van der Waals surface area contributed by atoms with Crippen LogP contribution in [0.15, 0.2) is 89.8 Å². The third kappa shape index (κ3) is 8.34. The predicted octanol–water partition coefficient (Wildman–Crippen LogP) is 3.14. The maximum absolute atomic E-state index is 13.9. The highest BCUT2D eigenvalue weighted by molar-refractivity contribution is 7.89. The SMILES string of the molecule is COC(=O)[C@H](Cc1ccccc1)N(CC[C@H](NC(=O)OCc1ccccc1)C(=O)O)S(=O)(=O)c1ccccc1[N+](=O)[O-]. The molecule has 1 amide bonds. The largest absolute Gasteiger partial charge is 0.480 e. The van der Waals surface area contributed by atoms with Crippen molar-refractivity contribution in [3.63, 3.8) is 0 Å². The van der Waals surface area contributed by atoms with E-state index in [2.05, 4.69) is 5.32 Å². The summed E-state index contributed by atoms with van der Waals surface area (Å²) < 4.78 is 38.5. The first-order valence-corrected chi connectivity index (χ1v) is 14.1.